The highest BCUT2D eigenvalue weighted by atomic mass is 35.5. The van der Waals surface area contributed by atoms with E-state index >= 15 is 0 Å². The zero-order valence-corrected chi connectivity index (χ0v) is 9.75. The molecular weight excluding hydrogens is 250 g/mol. The summed E-state index contributed by atoms with van der Waals surface area (Å²) in [6, 6.07) is 1.87. The Hall–Kier alpha value is -1.53. The van der Waals surface area contributed by atoms with Crippen molar-refractivity contribution in [3.63, 3.8) is 0 Å². The lowest BCUT2D eigenvalue weighted by atomic mass is 10.2. The topological polar surface area (TPSA) is 68.9 Å². The molecule has 0 aliphatic carbocycles. The second-order valence-corrected chi connectivity index (χ2v) is 4.33. The second-order valence-electron chi connectivity index (χ2n) is 3.05. The zero-order valence-electron chi connectivity index (χ0n) is 8.18. The first-order valence-corrected chi connectivity index (χ1v) is 5.56. The summed E-state index contributed by atoms with van der Waals surface area (Å²) in [7, 11) is 0. The third-order valence-electron chi connectivity index (χ3n) is 2.04. The van der Waals surface area contributed by atoms with Crippen molar-refractivity contribution in [2.24, 2.45) is 0 Å². The van der Waals surface area contributed by atoms with Gasteiger partial charge in [-0.05, 0) is 23.9 Å². The average Bonchev–Trinajstić information content (AvgIpc) is 2.63. The van der Waals surface area contributed by atoms with Crippen LogP contribution in [0.2, 0.25) is 5.15 Å². The Kier molecular flexibility index (Phi) is 2.84. The van der Waals surface area contributed by atoms with E-state index in [0.29, 0.717) is 0 Å². The molecule has 0 atom stereocenters. The molecule has 0 bridgehead atoms. The summed E-state index contributed by atoms with van der Waals surface area (Å²) in [5, 5.41) is 12.6. The minimum absolute atomic E-state index is 0.136. The van der Waals surface area contributed by atoms with Crippen LogP contribution in [0.25, 0.3) is 10.6 Å². The molecule has 0 aliphatic heterocycles. The molecule has 7 heteroatoms. The molecule has 5 nitrogen and oxygen atoms in total. The first kappa shape index (κ1) is 11.0. The van der Waals surface area contributed by atoms with Crippen molar-refractivity contribution < 1.29 is 4.92 Å². The molecule has 16 heavy (non-hydrogen) atoms. The van der Waals surface area contributed by atoms with Gasteiger partial charge in [-0.15, -0.1) is 11.3 Å². The number of aromatic nitrogens is 2. The predicted octanol–water partition coefficient (Wildman–Crippen LogP) is 3.08. The van der Waals surface area contributed by atoms with Gasteiger partial charge in [0, 0.05) is 0 Å². The maximum atomic E-state index is 10.9. The number of hydrogen-bond donors (Lipinski definition) is 0. The third-order valence-corrected chi connectivity index (χ3v) is 3.34. The summed E-state index contributed by atoms with van der Waals surface area (Å²) in [5.41, 5.74) is 0.968. The summed E-state index contributed by atoms with van der Waals surface area (Å²) in [6.07, 6.45) is 1.23. The number of hydrogen-bond acceptors (Lipinski definition) is 5. The molecule has 0 amide bonds. The summed E-state index contributed by atoms with van der Waals surface area (Å²) >= 11 is 7.10. The van der Waals surface area contributed by atoms with Crippen molar-refractivity contribution in [3.8, 4) is 10.6 Å². The molecule has 0 aromatic carbocycles. The van der Waals surface area contributed by atoms with Crippen LogP contribution in [0.5, 0.6) is 0 Å². The molecule has 0 fully saturated rings. The van der Waals surface area contributed by atoms with Gasteiger partial charge in [0.2, 0.25) is 5.15 Å². The van der Waals surface area contributed by atoms with E-state index in [-0.39, 0.29) is 16.5 Å². The Bertz CT molecular complexity index is 555. The van der Waals surface area contributed by atoms with Gasteiger partial charge in [0.05, 0.1) is 9.80 Å². The number of halogens is 1. The van der Waals surface area contributed by atoms with E-state index < -0.39 is 4.92 Å². The lowest BCUT2D eigenvalue weighted by Gasteiger charge is -2.01. The molecule has 2 aromatic heterocycles. The summed E-state index contributed by atoms with van der Waals surface area (Å²) in [4.78, 5) is 18.6. The second kappa shape index (κ2) is 4.15. The van der Waals surface area contributed by atoms with E-state index in [1.165, 1.54) is 17.7 Å². The molecule has 0 radical (unpaired) electrons. The summed E-state index contributed by atoms with van der Waals surface area (Å²) in [6.45, 7) is 1.87. The van der Waals surface area contributed by atoms with Crippen LogP contribution >= 0.6 is 22.9 Å². The maximum Gasteiger partial charge on any atom is 0.333 e. The van der Waals surface area contributed by atoms with Crippen molar-refractivity contribution in [1.29, 1.82) is 0 Å². The highest BCUT2D eigenvalue weighted by molar-refractivity contribution is 7.13. The lowest BCUT2D eigenvalue weighted by molar-refractivity contribution is -0.384. The Morgan fingerprint density at radius 2 is 2.25 bits per heavy atom. The van der Waals surface area contributed by atoms with Gasteiger partial charge >= 0.3 is 5.69 Å². The molecule has 82 valence electrons. The van der Waals surface area contributed by atoms with Gasteiger partial charge in [-0.25, -0.2) is 9.97 Å². The molecule has 0 saturated carbocycles. The smallest absolute Gasteiger partial charge is 0.258 e. The monoisotopic (exact) mass is 255 g/mol. The first-order chi connectivity index (χ1) is 7.61. The minimum atomic E-state index is -0.559. The Morgan fingerprint density at radius 1 is 1.50 bits per heavy atom. The first-order valence-electron chi connectivity index (χ1n) is 4.30. The normalized spacial score (nSPS) is 10.4. The van der Waals surface area contributed by atoms with E-state index in [4.69, 9.17) is 11.6 Å². The third kappa shape index (κ3) is 1.77. The molecule has 0 saturated heterocycles. The van der Waals surface area contributed by atoms with Crippen molar-refractivity contribution in [2.75, 3.05) is 0 Å². The van der Waals surface area contributed by atoms with Crippen molar-refractivity contribution in [1.82, 2.24) is 9.97 Å². The molecule has 2 aromatic rings. The molecule has 0 spiro atoms. The predicted molar refractivity (Wildman–Crippen MR) is 61.7 cm³/mol. The van der Waals surface area contributed by atoms with Crippen LogP contribution in [0, 0.1) is 17.0 Å². The van der Waals surface area contributed by atoms with Gasteiger partial charge in [0.1, 0.15) is 6.33 Å². The lowest BCUT2D eigenvalue weighted by Crippen LogP contribution is -1.97. The van der Waals surface area contributed by atoms with Crippen LogP contribution in [0.15, 0.2) is 17.8 Å². The van der Waals surface area contributed by atoms with E-state index in [2.05, 4.69) is 9.97 Å². The van der Waals surface area contributed by atoms with Crippen LogP contribution in [0.3, 0.4) is 0 Å². The number of aryl methyl sites for hydroxylation is 1. The number of rotatable bonds is 2. The van der Waals surface area contributed by atoms with Crippen LogP contribution in [-0.4, -0.2) is 14.9 Å². The molecule has 0 unspecified atom stereocenters. The van der Waals surface area contributed by atoms with Gasteiger partial charge in [-0.1, -0.05) is 11.6 Å². The van der Waals surface area contributed by atoms with Crippen LogP contribution in [0.1, 0.15) is 5.56 Å². The maximum absolute atomic E-state index is 10.9. The van der Waals surface area contributed by atoms with E-state index in [1.807, 2.05) is 18.4 Å². The molecular formula is C9H6ClN3O2S. The highest BCUT2D eigenvalue weighted by Gasteiger charge is 2.24. The fraction of sp³-hybridized carbons (Fsp3) is 0.111. The molecule has 2 rings (SSSR count). The zero-order chi connectivity index (χ0) is 11.7. The van der Waals surface area contributed by atoms with Crippen molar-refractivity contribution in [3.05, 3.63) is 38.6 Å². The Labute approximate surface area is 99.9 Å². The Morgan fingerprint density at radius 3 is 2.81 bits per heavy atom. The number of nitro groups is 1. The fourth-order valence-corrected chi connectivity index (χ4v) is 2.43. The SMILES string of the molecule is Cc1ccsc1-c1ncnc(Cl)c1[N+](=O)[O-]. The largest absolute Gasteiger partial charge is 0.333 e. The summed E-state index contributed by atoms with van der Waals surface area (Å²) in [5.74, 6) is 0. The minimum Gasteiger partial charge on any atom is -0.258 e. The Balaban J connectivity index is 2.70. The van der Waals surface area contributed by atoms with Crippen molar-refractivity contribution >= 4 is 28.6 Å². The van der Waals surface area contributed by atoms with Gasteiger partial charge in [0.15, 0.2) is 5.69 Å². The van der Waals surface area contributed by atoms with Gasteiger partial charge in [0.25, 0.3) is 0 Å². The van der Waals surface area contributed by atoms with Crippen LogP contribution in [0.4, 0.5) is 5.69 Å². The molecule has 0 N–H and O–H groups in total. The number of nitrogens with zero attached hydrogens (tertiary/aromatic N) is 3. The summed E-state index contributed by atoms with van der Waals surface area (Å²) < 4.78 is 0. The number of thiophene rings is 1. The highest BCUT2D eigenvalue weighted by Crippen LogP contribution is 2.36. The molecule has 0 aliphatic rings. The van der Waals surface area contributed by atoms with E-state index in [1.54, 1.807) is 0 Å². The standard InChI is InChI=1S/C9H6ClN3O2S/c1-5-2-3-16-8(5)6-7(13(14)15)9(10)12-4-11-6/h2-4H,1H3. The quantitative estimate of drug-likeness (QED) is 0.470. The van der Waals surface area contributed by atoms with Crippen LogP contribution < -0.4 is 0 Å². The van der Waals surface area contributed by atoms with Crippen LogP contribution in [-0.2, 0) is 0 Å². The van der Waals surface area contributed by atoms with E-state index in [0.717, 1.165) is 10.4 Å². The van der Waals surface area contributed by atoms with Gasteiger partial charge in [-0.3, -0.25) is 10.1 Å². The average molecular weight is 256 g/mol. The van der Waals surface area contributed by atoms with Gasteiger partial charge < -0.3 is 0 Å². The van der Waals surface area contributed by atoms with E-state index in [9.17, 15) is 10.1 Å². The van der Waals surface area contributed by atoms with Crippen molar-refractivity contribution in [2.45, 2.75) is 6.92 Å². The van der Waals surface area contributed by atoms with Gasteiger partial charge in [-0.2, -0.15) is 0 Å². The fourth-order valence-electron chi connectivity index (χ4n) is 1.30. The molecule has 2 heterocycles.